The first-order chi connectivity index (χ1) is 20.1. The first-order valence-electron chi connectivity index (χ1n) is 13.3. The monoisotopic (exact) mass is 632 g/mol. The van der Waals surface area contributed by atoms with Gasteiger partial charge < -0.3 is 14.8 Å². The van der Waals surface area contributed by atoms with Crippen LogP contribution >= 0.6 is 15.9 Å². The van der Waals surface area contributed by atoms with E-state index in [9.17, 15) is 18.8 Å². The molecule has 1 N–H and O–H groups in total. The fraction of sp³-hybridized carbons (Fsp3) is 0.276. The van der Waals surface area contributed by atoms with E-state index >= 15 is 0 Å². The quantitative estimate of drug-likeness (QED) is 0.276. The number of anilines is 1. The molecule has 0 bridgehead atoms. The van der Waals surface area contributed by atoms with Gasteiger partial charge >= 0.3 is 0 Å². The standard InChI is InChI=1S/C29H26BrFN8O3/c1-15-28(30)34-25(10-32-15)35-29(42)24-9-20(31)12-38(24)27(41)14-37-13-22(16(2)40)21-8-18(4-6-23(21)37)19-5-7-26-33-17(3)36-39(26)11-19/h4-8,10-11,13,20,24H,9,12,14H2,1-3H3,(H,34,35,42)/t20-,24+/m1/s1. The number of halogens is 2. The number of alkyl halides is 1. The van der Waals surface area contributed by atoms with E-state index in [1.165, 1.54) is 18.0 Å². The van der Waals surface area contributed by atoms with Gasteiger partial charge in [-0.25, -0.2) is 18.9 Å². The van der Waals surface area contributed by atoms with Crippen molar-refractivity contribution in [3.8, 4) is 11.1 Å². The number of fused-ring (bicyclic) bond motifs is 2. The summed E-state index contributed by atoms with van der Waals surface area (Å²) in [4.78, 5) is 53.1. The first kappa shape index (κ1) is 27.6. The molecule has 1 aliphatic heterocycles. The lowest BCUT2D eigenvalue weighted by Crippen LogP contribution is -2.44. The second-order valence-corrected chi connectivity index (χ2v) is 11.1. The number of hydrogen-bond donors (Lipinski definition) is 1. The summed E-state index contributed by atoms with van der Waals surface area (Å²) in [7, 11) is 0. The summed E-state index contributed by atoms with van der Waals surface area (Å²) in [5, 5.41) is 7.70. The molecule has 13 heteroatoms. The molecule has 5 aromatic rings. The van der Waals surface area contributed by atoms with Crippen molar-refractivity contribution < 1.29 is 18.8 Å². The molecule has 1 saturated heterocycles. The average molecular weight is 633 g/mol. The molecular formula is C29H26BrFN8O3. The summed E-state index contributed by atoms with van der Waals surface area (Å²) in [5.41, 5.74) is 4.27. The van der Waals surface area contributed by atoms with E-state index in [1.807, 2.05) is 43.5 Å². The van der Waals surface area contributed by atoms with E-state index in [0.29, 0.717) is 32.6 Å². The highest BCUT2D eigenvalue weighted by molar-refractivity contribution is 9.10. The summed E-state index contributed by atoms with van der Waals surface area (Å²) in [5.74, 6) is -0.270. The van der Waals surface area contributed by atoms with Gasteiger partial charge in [-0.2, -0.15) is 5.10 Å². The molecule has 2 atom stereocenters. The van der Waals surface area contributed by atoms with Crippen LogP contribution in [0.3, 0.4) is 0 Å². The SMILES string of the molecule is CC(=O)c1cn(CC(=O)N2C[C@H](F)C[C@H]2C(=O)Nc2cnc(C)c(Br)n2)c2ccc(-c3ccc4nc(C)nn4c3)cc12. The molecule has 1 aliphatic rings. The molecule has 11 nitrogen and oxygen atoms in total. The van der Waals surface area contributed by atoms with Gasteiger partial charge in [-0.15, -0.1) is 0 Å². The molecule has 4 aromatic heterocycles. The molecule has 1 aromatic carbocycles. The van der Waals surface area contributed by atoms with Crippen molar-refractivity contribution >= 4 is 55.9 Å². The zero-order chi connectivity index (χ0) is 29.7. The van der Waals surface area contributed by atoms with Crippen molar-refractivity contribution in [2.45, 2.75) is 46.0 Å². The third-order valence-electron chi connectivity index (χ3n) is 7.36. The Bertz CT molecular complexity index is 1900. The Morgan fingerprint density at radius 2 is 1.88 bits per heavy atom. The van der Waals surface area contributed by atoms with Crippen LogP contribution in [0.15, 0.2) is 53.5 Å². The molecule has 42 heavy (non-hydrogen) atoms. The summed E-state index contributed by atoms with van der Waals surface area (Å²) in [6.45, 7) is 4.69. The van der Waals surface area contributed by atoms with Crippen LogP contribution in [-0.2, 0) is 16.1 Å². The summed E-state index contributed by atoms with van der Waals surface area (Å²) in [6, 6.07) is 8.46. The highest BCUT2D eigenvalue weighted by Gasteiger charge is 2.40. The summed E-state index contributed by atoms with van der Waals surface area (Å²) >= 11 is 3.28. The summed E-state index contributed by atoms with van der Waals surface area (Å²) < 4.78 is 18.4. The Hall–Kier alpha value is -4.52. The van der Waals surface area contributed by atoms with Gasteiger partial charge in [0, 0.05) is 40.8 Å². The minimum atomic E-state index is -1.34. The number of aryl methyl sites for hydroxylation is 2. The van der Waals surface area contributed by atoms with Crippen molar-refractivity contribution in [3.63, 3.8) is 0 Å². The molecule has 0 radical (unpaired) electrons. The molecule has 0 spiro atoms. The third-order valence-corrected chi connectivity index (χ3v) is 8.11. The van der Waals surface area contributed by atoms with Crippen LogP contribution in [0.1, 0.15) is 35.2 Å². The number of nitrogens with zero attached hydrogens (tertiary/aromatic N) is 7. The van der Waals surface area contributed by atoms with Crippen molar-refractivity contribution in [1.29, 1.82) is 0 Å². The minimum Gasteiger partial charge on any atom is -0.337 e. The number of aromatic nitrogens is 6. The molecule has 214 valence electrons. The van der Waals surface area contributed by atoms with Crippen LogP contribution in [0.5, 0.6) is 0 Å². The molecule has 2 amide bonds. The van der Waals surface area contributed by atoms with Crippen LogP contribution in [0, 0.1) is 13.8 Å². The molecule has 1 fully saturated rings. The van der Waals surface area contributed by atoms with Crippen molar-refractivity contribution in [2.75, 3.05) is 11.9 Å². The zero-order valence-electron chi connectivity index (χ0n) is 23.0. The second kappa shape index (κ2) is 10.7. The number of pyridine rings is 1. The summed E-state index contributed by atoms with van der Waals surface area (Å²) in [6.07, 6.45) is 3.44. The number of carbonyl (C=O) groups excluding carboxylic acids is 3. The topological polar surface area (TPSA) is 127 Å². The number of carbonyl (C=O) groups is 3. The highest BCUT2D eigenvalue weighted by Crippen LogP contribution is 2.30. The van der Waals surface area contributed by atoms with Gasteiger partial charge in [0.2, 0.25) is 11.8 Å². The van der Waals surface area contributed by atoms with E-state index in [0.717, 1.165) is 16.8 Å². The number of benzene rings is 1. The van der Waals surface area contributed by atoms with E-state index in [1.54, 1.807) is 22.2 Å². The smallest absolute Gasteiger partial charge is 0.248 e. The number of hydrogen-bond acceptors (Lipinski definition) is 7. The van der Waals surface area contributed by atoms with Gasteiger partial charge in [-0.1, -0.05) is 6.07 Å². The van der Waals surface area contributed by atoms with E-state index < -0.39 is 24.0 Å². The van der Waals surface area contributed by atoms with Gasteiger partial charge in [0.15, 0.2) is 17.2 Å². The Morgan fingerprint density at radius 1 is 1.10 bits per heavy atom. The van der Waals surface area contributed by atoms with Crippen LogP contribution in [0.2, 0.25) is 0 Å². The van der Waals surface area contributed by atoms with E-state index in [-0.39, 0.29) is 31.1 Å². The van der Waals surface area contributed by atoms with E-state index in [4.69, 9.17) is 0 Å². The average Bonchev–Trinajstić information content (AvgIpc) is 3.64. The highest BCUT2D eigenvalue weighted by atomic mass is 79.9. The van der Waals surface area contributed by atoms with Gasteiger partial charge in [0.1, 0.15) is 29.2 Å². The van der Waals surface area contributed by atoms with E-state index in [2.05, 4.69) is 41.3 Å². The van der Waals surface area contributed by atoms with Gasteiger partial charge in [0.25, 0.3) is 0 Å². The van der Waals surface area contributed by atoms with Crippen LogP contribution in [0.4, 0.5) is 10.2 Å². The maximum Gasteiger partial charge on any atom is 0.248 e. The number of ketones is 1. The van der Waals surface area contributed by atoms with Crippen molar-refractivity contribution in [3.05, 3.63) is 70.6 Å². The van der Waals surface area contributed by atoms with Crippen LogP contribution < -0.4 is 5.32 Å². The van der Waals surface area contributed by atoms with Gasteiger partial charge in [-0.05, 0) is 66.5 Å². The Morgan fingerprint density at radius 3 is 2.64 bits per heavy atom. The van der Waals surface area contributed by atoms with Gasteiger partial charge in [-0.3, -0.25) is 19.4 Å². The van der Waals surface area contributed by atoms with Crippen molar-refractivity contribution in [2.24, 2.45) is 0 Å². The Balaban J connectivity index is 1.27. The lowest BCUT2D eigenvalue weighted by molar-refractivity contribution is -0.137. The number of amides is 2. The maximum atomic E-state index is 14.5. The molecule has 6 rings (SSSR count). The lowest BCUT2D eigenvalue weighted by atomic mass is 10.0. The molecule has 0 aliphatic carbocycles. The number of likely N-dealkylation sites (tertiary alicyclic amines) is 1. The van der Waals surface area contributed by atoms with Gasteiger partial charge in [0.05, 0.1) is 18.4 Å². The number of Topliss-reactive ketones (excluding diaryl/α,β-unsaturated/α-hetero) is 1. The van der Waals surface area contributed by atoms with Crippen LogP contribution in [0.25, 0.3) is 27.7 Å². The fourth-order valence-corrected chi connectivity index (χ4v) is 5.59. The van der Waals surface area contributed by atoms with Crippen molar-refractivity contribution in [1.82, 2.24) is 34.0 Å². The molecule has 0 saturated carbocycles. The maximum absolute atomic E-state index is 14.5. The zero-order valence-corrected chi connectivity index (χ0v) is 24.6. The molecule has 5 heterocycles. The lowest BCUT2D eigenvalue weighted by Gasteiger charge is -2.24. The van der Waals surface area contributed by atoms with Crippen LogP contribution in [-0.4, -0.2) is 70.4 Å². The molecular weight excluding hydrogens is 607 g/mol. The third kappa shape index (κ3) is 5.15. The minimum absolute atomic E-state index is 0.123. The Kier molecular flexibility index (Phi) is 7.05. The Labute approximate surface area is 247 Å². The second-order valence-electron chi connectivity index (χ2n) is 10.4. The number of rotatable bonds is 6. The first-order valence-corrected chi connectivity index (χ1v) is 14.1. The predicted molar refractivity (Wildman–Crippen MR) is 157 cm³/mol. The normalized spacial score (nSPS) is 16.8. The largest absolute Gasteiger partial charge is 0.337 e. The predicted octanol–water partition coefficient (Wildman–Crippen LogP) is 4.30. The fourth-order valence-electron chi connectivity index (χ4n) is 5.30. The molecule has 0 unspecified atom stereocenters. The number of nitrogens with one attached hydrogen (secondary N) is 1.